The Morgan fingerprint density at radius 1 is 1.05 bits per heavy atom. The van der Waals surface area contributed by atoms with Crippen LogP contribution in [0.15, 0.2) is 12.1 Å². The monoisotopic (exact) mass is 317 g/mol. The number of methoxy groups -OCH3 is 3. The van der Waals surface area contributed by atoms with Crippen molar-refractivity contribution in [3.63, 3.8) is 0 Å². The van der Waals surface area contributed by atoms with Gasteiger partial charge < -0.3 is 24.3 Å². The maximum absolute atomic E-state index is 6.12. The van der Waals surface area contributed by atoms with Crippen LogP contribution in [0.4, 0.5) is 0 Å². The van der Waals surface area contributed by atoms with Gasteiger partial charge in [-0.2, -0.15) is 0 Å². The summed E-state index contributed by atoms with van der Waals surface area (Å²) in [5.74, 6) is 1.37. The third kappa shape index (κ3) is 6.52. The minimum absolute atomic E-state index is 0.566. The fraction of sp³-hybridized carbons (Fsp3) is 0.600. The van der Waals surface area contributed by atoms with Crippen molar-refractivity contribution in [1.82, 2.24) is 5.32 Å². The molecule has 0 fully saturated rings. The molecule has 0 aliphatic heterocycles. The number of rotatable bonds is 11. The first-order valence-corrected chi connectivity index (χ1v) is 7.28. The Labute approximate surface area is 131 Å². The molecule has 0 saturated heterocycles. The average molecular weight is 318 g/mol. The van der Waals surface area contributed by atoms with Crippen LogP contribution >= 0.6 is 11.6 Å². The minimum atomic E-state index is 0.566. The van der Waals surface area contributed by atoms with Crippen molar-refractivity contribution < 1.29 is 18.9 Å². The van der Waals surface area contributed by atoms with E-state index < -0.39 is 0 Å². The lowest BCUT2D eigenvalue weighted by Gasteiger charge is -2.16. The highest BCUT2D eigenvalue weighted by Crippen LogP contribution is 2.34. The van der Waals surface area contributed by atoms with Crippen molar-refractivity contribution in [1.29, 1.82) is 0 Å². The molecule has 1 rings (SSSR count). The smallest absolute Gasteiger partial charge is 0.165 e. The summed E-state index contributed by atoms with van der Waals surface area (Å²) >= 11 is 6.12. The lowest BCUT2D eigenvalue weighted by Crippen LogP contribution is -2.19. The SMILES string of the molecule is COCCCOc1c(CNCCOC)cc(Cl)cc1OC. The quantitative estimate of drug-likeness (QED) is 0.635. The van der Waals surface area contributed by atoms with Gasteiger partial charge in [-0.25, -0.2) is 0 Å². The first-order valence-electron chi connectivity index (χ1n) is 6.90. The van der Waals surface area contributed by atoms with Crippen LogP contribution in [-0.2, 0) is 16.0 Å². The van der Waals surface area contributed by atoms with Gasteiger partial charge in [0, 0.05) is 57.0 Å². The lowest BCUT2D eigenvalue weighted by atomic mass is 10.2. The van der Waals surface area contributed by atoms with Gasteiger partial charge in [-0.1, -0.05) is 11.6 Å². The summed E-state index contributed by atoms with van der Waals surface area (Å²) in [5.41, 5.74) is 0.966. The van der Waals surface area contributed by atoms with E-state index in [4.69, 9.17) is 30.5 Å². The molecule has 1 aromatic rings. The summed E-state index contributed by atoms with van der Waals surface area (Å²) in [6, 6.07) is 3.64. The second-order valence-electron chi connectivity index (χ2n) is 4.46. The molecule has 5 nitrogen and oxygen atoms in total. The fourth-order valence-corrected chi connectivity index (χ4v) is 2.08. The van der Waals surface area contributed by atoms with Crippen LogP contribution in [-0.4, -0.2) is 47.7 Å². The van der Waals surface area contributed by atoms with Crippen LogP contribution in [0.3, 0.4) is 0 Å². The predicted molar refractivity (Wildman–Crippen MR) is 83.6 cm³/mol. The van der Waals surface area contributed by atoms with Crippen LogP contribution in [0.1, 0.15) is 12.0 Å². The second-order valence-corrected chi connectivity index (χ2v) is 4.90. The molecule has 0 aliphatic carbocycles. The van der Waals surface area contributed by atoms with Gasteiger partial charge in [0.1, 0.15) is 0 Å². The fourth-order valence-electron chi connectivity index (χ4n) is 1.84. The van der Waals surface area contributed by atoms with E-state index in [-0.39, 0.29) is 0 Å². The van der Waals surface area contributed by atoms with Crippen molar-refractivity contribution >= 4 is 11.6 Å². The van der Waals surface area contributed by atoms with E-state index in [1.165, 1.54) is 0 Å². The molecule has 21 heavy (non-hydrogen) atoms. The molecule has 0 bridgehead atoms. The number of nitrogens with one attached hydrogen (secondary N) is 1. The zero-order chi connectivity index (χ0) is 15.5. The zero-order valence-electron chi connectivity index (χ0n) is 12.9. The molecule has 1 N–H and O–H groups in total. The number of halogens is 1. The van der Waals surface area contributed by atoms with E-state index in [2.05, 4.69) is 5.32 Å². The third-order valence-electron chi connectivity index (χ3n) is 2.85. The highest BCUT2D eigenvalue weighted by molar-refractivity contribution is 6.30. The van der Waals surface area contributed by atoms with E-state index in [9.17, 15) is 0 Å². The van der Waals surface area contributed by atoms with Gasteiger partial charge in [0.25, 0.3) is 0 Å². The Morgan fingerprint density at radius 3 is 2.48 bits per heavy atom. The summed E-state index contributed by atoms with van der Waals surface area (Å²) < 4.78 is 21.2. The lowest BCUT2D eigenvalue weighted by molar-refractivity contribution is 0.170. The topological polar surface area (TPSA) is 49.0 Å². The van der Waals surface area contributed by atoms with Gasteiger partial charge in [0.15, 0.2) is 11.5 Å². The number of hydrogen-bond acceptors (Lipinski definition) is 5. The van der Waals surface area contributed by atoms with Gasteiger partial charge in [-0.15, -0.1) is 0 Å². The number of hydrogen-bond donors (Lipinski definition) is 1. The standard InChI is InChI=1S/C15H24ClNO4/c1-18-6-4-7-21-15-12(11-17-5-8-19-2)9-13(16)10-14(15)20-3/h9-10,17H,4-8,11H2,1-3H3. The molecule has 0 saturated carbocycles. The number of benzene rings is 1. The molecule has 0 amide bonds. The molecule has 1 aromatic carbocycles. The van der Waals surface area contributed by atoms with E-state index in [1.807, 2.05) is 6.07 Å². The summed E-state index contributed by atoms with van der Waals surface area (Å²) in [4.78, 5) is 0. The Kier molecular flexibility index (Phi) is 9.17. The van der Waals surface area contributed by atoms with Crippen LogP contribution in [0.5, 0.6) is 11.5 Å². The summed E-state index contributed by atoms with van der Waals surface area (Å²) in [6.45, 7) is 3.28. The Hall–Kier alpha value is -1.01. The molecule has 0 aliphatic rings. The zero-order valence-corrected chi connectivity index (χ0v) is 13.7. The van der Waals surface area contributed by atoms with Gasteiger partial charge in [0.05, 0.1) is 20.3 Å². The van der Waals surface area contributed by atoms with E-state index >= 15 is 0 Å². The molecular formula is C15H24ClNO4. The largest absolute Gasteiger partial charge is 0.493 e. The maximum Gasteiger partial charge on any atom is 0.165 e. The van der Waals surface area contributed by atoms with Crippen LogP contribution in [0.2, 0.25) is 5.02 Å². The Balaban J connectivity index is 2.74. The normalized spacial score (nSPS) is 10.7. The highest BCUT2D eigenvalue weighted by Gasteiger charge is 2.12. The molecule has 6 heteroatoms. The molecule has 0 radical (unpaired) electrons. The second kappa shape index (κ2) is 10.7. The van der Waals surface area contributed by atoms with E-state index in [1.54, 1.807) is 27.4 Å². The van der Waals surface area contributed by atoms with E-state index in [0.717, 1.165) is 24.3 Å². The molecule has 120 valence electrons. The summed E-state index contributed by atoms with van der Waals surface area (Å²) in [6.07, 6.45) is 0.818. The maximum atomic E-state index is 6.12. The van der Waals surface area contributed by atoms with Crippen LogP contribution in [0, 0.1) is 0 Å². The molecular weight excluding hydrogens is 294 g/mol. The Morgan fingerprint density at radius 2 is 1.81 bits per heavy atom. The highest BCUT2D eigenvalue weighted by atomic mass is 35.5. The molecule has 0 spiro atoms. The number of ether oxygens (including phenoxy) is 4. The van der Waals surface area contributed by atoms with Gasteiger partial charge >= 0.3 is 0 Å². The predicted octanol–water partition coefficient (Wildman–Crippen LogP) is 2.50. The van der Waals surface area contributed by atoms with Crippen molar-refractivity contribution in [2.24, 2.45) is 0 Å². The third-order valence-corrected chi connectivity index (χ3v) is 3.07. The van der Waals surface area contributed by atoms with Crippen LogP contribution < -0.4 is 14.8 Å². The van der Waals surface area contributed by atoms with Crippen molar-refractivity contribution in [2.75, 3.05) is 47.7 Å². The molecule has 0 atom stereocenters. The van der Waals surface area contributed by atoms with Crippen molar-refractivity contribution in [3.05, 3.63) is 22.7 Å². The molecule has 0 unspecified atom stereocenters. The first-order chi connectivity index (χ1) is 10.2. The molecule has 0 aromatic heterocycles. The molecule has 0 heterocycles. The van der Waals surface area contributed by atoms with E-state index in [0.29, 0.717) is 37.1 Å². The van der Waals surface area contributed by atoms with Crippen LogP contribution in [0.25, 0.3) is 0 Å². The average Bonchev–Trinajstić information content (AvgIpc) is 2.49. The summed E-state index contributed by atoms with van der Waals surface area (Å²) in [5, 5.41) is 3.90. The first kappa shape index (κ1) is 18.0. The van der Waals surface area contributed by atoms with Gasteiger partial charge in [-0.05, 0) is 6.07 Å². The summed E-state index contributed by atoms with van der Waals surface area (Å²) in [7, 11) is 4.96. The van der Waals surface area contributed by atoms with Crippen molar-refractivity contribution in [3.8, 4) is 11.5 Å². The Bertz CT molecular complexity index is 415. The van der Waals surface area contributed by atoms with Gasteiger partial charge in [-0.3, -0.25) is 0 Å². The van der Waals surface area contributed by atoms with Gasteiger partial charge in [0.2, 0.25) is 0 Å². The van der Waals surface area contributed by atoms with Crippen molar-refractivity contribution in [2.45, 2.75) is 13.0 Å². The minimum Gasteiger partial charge on any atom is -0.493 e.